The second kappa shape index (κ2) is 7.09. The second-order valence-electron chi connectivity index (χ2n) is 5.16. The van der Waals surface area contributed by atoms with Crippen LogP contribution in [-0.2, 0) is 9.59 Å². The fraction of sp³-hybridized carbons (Fsp3) is 0.750. The van der Waals surface area contributed by atoms with E-state index in [1.807, 2.05) is 14.0 Å². The molecule has 1 saturated carbocycles. The lowest BCUT2D eigenvalue weighted by Gasteiger charge is -2.25. The summed E-state index contributed by atoms with van der Waals surface area (Å²) < 4.78 is 0. The van der Waals surface area contributed by atoms with Crippen molar-refractivity contribution < 1.29 is 19.5 Å². The summed E-state index contributed by atoms with van der Waals surface area (Å²) in [7, 11) is 2.00. The molecule has 5 N–H and O–H groups in total. The summed E-state index contributed by atoms with van der Waals surface area (Å²) in [5.74, 6) is -2.07. The highest BCUT2D eigenvalue weighted by molar-refractivity contribution is 5.87. The van der Waals surface area contributed by atoms with Gasteiger partial charge in [-0.05, 0) is 26.8 Å². The molecule has 0 radical (unpaired) electrons. The number of hydrogen-bond acceptors (Lipinski definition) is 4. The molecule has 3 amide bonds. The van der Waals surface area contributed by atoms with Crippen LogP contribution in [0.5, 0.6) is 0 Å². The molecule has 0 saturated heterocycles. The SMILES string of the molecule is CC(CNC(=O)N[C@@H](CC(N)=O)C(=O)O)N(C)C1CC1. The summed E-state index contributed by atoms with van der Waals surface area (Å²) in [6.07, 6.45) is 1.92. The maximum atomic E-state index is 11.6. The van der Waals surface area contributed by atoms with Crippen molar-refractivity contribution in [1.29, 1.82) is 0 Å². The first kappa shape index (κ1) is 16.2. The van der Waals surface area contributed by atoms with Crippen LogP contribution < -0.4 is 16.4 Å². The number of amides is 3. The van der Waals surface area contributed by atoms with Gasteiger partial charge in [0.15, 0.2) is 0 Å². The number of carboxylic acid groups (broad SMARTS) is 1. The molecule has 0 aromatic carbocycles. The first-order valence-electron chi connectivity index (χ1n) is 6.58. The molecule has 0 bridgehead atoms. The molecule has 0 aliphatic heterocycles. The minimum Gasteiger partial charge on any atom is -0.480 e. The highest BCUT2D eigenvalue weighted by atomic mass is 16.4. The van der Waals surface area contributed by atoms with Crippen molar-refractivity contribution in [3.8, 4) is 0 Å². The molecule has 0 spiro atoms. The van der Waals surface area contributed by atoms with Gasteiger partial charge in [0, 0.05) is 18.6 Å². The predicted molar refractivity (Wildman–Crippen MR) is 72.0 cm³/mol. The molecule has 1 unspecified atom stereocenters. The van der Waals surface area contributed by atoms with Crippen LogP contribution in [0, 0.1) is 0 Å². The lowest BCUT2D eigenvalue weighted by Crippen LogP contribution is -2.50. The highest BCUT2D eigenvalue weighted by Gasteiger charge is 2.29. The normalized spacial score (nSPS) is 17.4. The summed E-state index contributed by atoms with van der Waals surface area (Å²) in [5, 5.41) is 13.7. The number of carbonyl (C=O) groups excluding carboxylic acids is 2. The van der Waals surface area contributed by atoms with E-state index in [0.717, 1.165) is 0 Å². The van der Waals surface area contributed by atoms with Gasteiger partial charge in [-0.25, -0.2) is 9.59 Å². The summed E-state index contributed by atoms with van der Waals surface area (Å²) in [4.78, 5) is 35.3. The molecular weight excluding hydrogens is 264 g/mol. The van der Waals surface area contributed by atoms with Crippen LogP contribution in [0.3, 0.4) is 0 Å². The summed E-state index contributed by atoms with van der Waals surface area (Å²) in [5.41, 5.74) is 4.93. The molecule has 0 aromatic rings. The molecular formula is C12H22N4O4. The first-order valence-corrected chi connectivity index (χ1v) is 6.58. The van der Waals surface area contributed by atoms with Gasteiger partial charge < -0.3 is 21.5 Å². The van der Waals surface area contributed by atoms with Gasteiger partial charge in [-0.3, -0.25) is 9.69 Å². The smallest absolute Gasteiger partial charge is 0.326 e. The zero-order valence-electron chi connectivity index (χ0n) is 11.8. The van der Waals surface area contributed by atoms with Crippen molar-refractivity contribution in [3.63, 3.8) is 0 Å². The molecule has 1 fully saturated rings. The summed E-state index contributed by atoms with van der Waals surface area (Å²) in [6, 6.07) is -1.18. The van der Waals surface area contributed by atoms with Crippen molar-refractivity contribution in [2.45, 2.75) is 44.3 Å². The third-order valence-corrected chi connectivity index (χ3v) is 3.38. The van der Waals surface area contributed by atoms with Crippen molar-refractivity contribution in [2.75, 3.05) is 13.6 Å². The van der Waals surface area contributed by atoms with Crippen LogP contribution in [0.25, 0.3) is 0 Å². The molecule has 1 aliphatic carbocycles. The monoisotopic (exact) mass is 286 g/mol. The number of nitrogens with one attached hydrogen (secondary N) is 2. The van der Waals surface area contributed by atoms with E-state index in [1.54, 1.807) is 0 Å². The van der Waals surface area contributed by atoms with E-state index in [-0.39, 0.29) is 6.04 Å². The van der Waals surface area contributed by atoms with E-state index < -0.39 is 30.4 Å². The lowest BCUT2D eigenvalue weighted by molar-refractivity contribution is -0.140. The third-order valence-electron chi connectivity index (χ3n) is 3.38. The van der Waals surface area contributed by atoms with Gasteiger partial charge >= 0.3 is 12.0 Å². The van der Waals surface area contributed by atoms with E-state index in [9.17, 15) is 14.4 Å². The number of rotatable bonds is 8. The molecule has 1 aliphatic rings. The van der Waals surface area contributed by atoms with Crippen LogP contribution in [0.2, 0.25) is 0 Å². The second-order valence-corrected chi connectivity index (χ2v) is 5.16. The number of urea groups is 1. The predicted octanol–water partition coefficient (Wildman–Crippen LogP) is -0.903. The number of carboxylic acids is 1. The number of carbonyl (C=O) groups is 3. The number of hydrogen-bond donors (Lipinski definition) is 4. The minimum absolute atomic E-state index is 0.160. The van der Waals surface area contributed by atoms with Crippen LogP contribution in [0.15, 0.2) is 0 Å². The zero-order valence-corrected chi connectivity index (χ0v) is 11.8. The number of primary amides is 1. The Hall–Kier alpha value is -1.83. The molecule has 8 heteroatoms. The van der Waals surface area contributed by atoms with Gasteiger partial charge in [-0.2, -0.15) is 0 Å². The van der Waals surface area contributed by atoms with Crippen LogP contribution >= 0.6 is 0 Å². The Labute approximate surface area is 117 Å². The van der Waals surface area contributed by atoms with Gasteiger partial charge in [0.2, 0.25) is 5.91 Å². The van der Waals surface area contributed by atoms with E-state index in [0.29, 0.717) is 12.6 Å². The van der Waals surface area contributed by atoms with Gasteiger partial charge in [0.1, 0.15) is 6.04 Å². The first-order chi connectivity index (χ1) is 9.31. The molecule has 1 rings (SSSR count). The fourth-order valence-electron chi connectivity index (χ4n) is 1.84. The topological polar surface area (TPSA) is 125 Å². The largest absolute Gasteiger partial charge is 0.480 e. The third kappa shape index (κ3) is 5.43. The molecule has 0 aromatic heterocycles. The van der Waals surface area contributed by atoms with Crippen LogP contribution in [0.4, 0.5) is 4.79 Å². The number of aliphatic carboxylic acids is 1. The zero-order chi connectivity index (χ0) is 15.3. The minimum atomic E-state index is -1.30. The van der Waals surface area contributed by atoms with Crippen molar-refractivity contribution in [2.24, 2.45) is 5.73 Å². The number of nitrogens with zero attached hydrogens (tertiary/aromatic N) is 1. The Morgan fingerprint density at radius 2 is 2.00 bits per heavy atom. The standard InChI is InChI=1S/C12H22N4O4/c1-7(16(2)8-3-4-8)6-14-12(20)15-9(11(18)19)5-10(13)17/h7-9H,3-6H2,1-2H3,(H2,13,17)(H,18,19)(H2,14,15,20)/t7?,9-/m0/s1. The summed E-state index contributed by atoms with van der Waals surface area (Å²) in [6.45, 7) is 2.39. The van der Waals surface area contributed by atoms with Gasteiger partial charge in [-0.15, -0.1) is 0 Å². The van der Waals surface area contributed by atoms with Gasteiger partial charge in [0.05, 0.1) is 6.42 Å². The highest BCUT2D eigenvalue weighted by Crippen LogP contribution is 2.26. The van der Waals surface area contributed by atoms with Gasteiger partial charge in [-0.1, -0.05) is 0 Å². The van der Waals surface area contributed by atoms with E-state index >= 15 is 0 Å². The van der Waals surface area contributed by atoms with Crippen molar-refractivity contribution in [3.05, 3.63) is 0 Å². The van der Waals surface area contributed by atoms with E-state index in [2.05, 4.69) is 15.5 Å². The Morgan fingerprint density at radius 3 is 2.45 bits per heavy atom. The molecule has 8 nitrogen and oxygen atoms in total. The Morgan fingerprint density at radius 1 is 1.40 bits per heavy atom. The van der Waals surface area contributed by atoms with Crippen molar-refractivity contribution in [1.82, 2.24) is 15.5 Å². The Balaban J connectivity index is 2.33. The Bertz CT molecular complexity index is 384. The molecule has 114 valence electrons. The van der Waals surface area contributed by atoms with E-state index in [4.69, 9.17) is 10.8 Å². The number of nitrogens with two attached hydrogens (primary N) is 1. The lowest BCUT2D eigenvalue weighted by atomic mass is 10.2. The average Bonchev–Trinajstić information content (AvgIpc) is 3.17. The molecule has 0 heterocycles. The molecule has 20 heavy (non-hydrogen) atoms. The molecule has 2 atom stereocenters. The quantitative estimate of drug-likeness (QED) is 0.460. The number of likely N-dealkylation sites (N-methyl/N-ethyl adjacent to an activating group) is 1. The van der Waals surface area contributed by atoms with Gasteiger partial charge in [0.25, 0.3) is 0 Å². The average molecular weight is 286 g/mol. The fourth-order valence-corrected chi connectivity index (χ4v) is 1.84. The van der Waals surface area contributed by atoms with Crippen LogP contribution in [-0.4, -0.2) is 59.6 Å². The summed E-state index contributed by atoms with van der Waals surface area (Å²) >= 11 is 0. The Kier molecular flexibility index (Phi) is 5.75. The maximum Gasteiger partial charge on any atom is 0.326 e. The maximum absolute atomic E-state index is 11.6. The van der Waals surface area contributed by atoms with Crippen LogP contribution in [0.1, 0.15) is 26.2 Å². The van der Waals surface area contributed by atoms with E-state index in [1.165, 1.54) is 12.8 Å². The van der Waals surface area contributed by atoms with Crippen molar-refractivity contribution >= 4 is 17.9 Å².